The van der Waals surface area contributed by atoms with Gasteiger partial charge >= 0.3 is 5.97 Å². The van der Waals surface area contributed by atoms with Gasteiger partial charge in [-0.25, -0.2) is 0 Å². The first kappa shape index (κ1) is 7.54. The Balaban J connectivity index is 2.24. The quantitative estimate of drug-likeness (QED) is 0.493. The average Bonchev–Trinajstić information content (AvgIpc) is 2.13. The lowest BCUT2D eigenvalue weighted by Gasteiger charge is -2.09. The summed E-state index contributed by atoms with van der Waals surface area (Å²) < 4.78 is 5.00. The largest absolute Gasteiger partial charge is 0.461 e. The molecule has 3 heteroatoms. The van der Waals surface area contributed by atoms with Crippen LogP contribution in [0.4, 0.5) is 0 Å². The van der Waals surface area contributed by atoms with Crippen LogP contribution in [-0.2, 0) is 9.53 Å². The van der Waals surface area contributed by atoms with Crippen LogP contribution in [0.15, 0.2) is 0 Å². The van der Waals surface area contributed by atoms with Gasteiger partial charge < -0.3 is 9.64 Å². The molecule has 1 saturated heterocycles. The molecule has 0 aromatic rings. The molecule has 0 amide bonds. The second kappa shape index (κ2) is 3.01. The van der Waals surface area contributed by atoms with Crippen molar-refractivity contribution in [2.45, 2.75) is 19.4 Å². The molecule has 3 nitrogen and oxygen atoms in total. The molecule has 1 rings (SSSR count). The number of nitrogens with zero attached hydrogens (tertiary/aromatic N) is 1. The first-order valence-corrected chi connectivity index (χ1v) is 3.54. The number of carbonyl (C=O) groups is 1. The van der Waals surface area contributed by atoms with Gasteiger partial charge in [0.25, 0.3) is 0 Å². The fourth-order valence-corrected chi connectivity index (χ4v) is 1.23. The zero-order valence-corrected chi connectivity index (χ0v) is 6.46. The first-order valence-electron chi connectivity index (χ1n) is 3.54. The van der Waals surface area contributed by atoms with E-state index in [-0.39, 0.29) is 12.1 Å². The van der Waals surface area contributed by atoms with Gasteiger partial charge in [0, 0.05) is 20.0 Å². The van der Waals surface area contributed by atoms with Crippen LogP contribution in [0.2, 0.25) is 0 Å². The van der Waals surface area contributed by atoms with Gasteiger partial charge in [-0.3, -0.25) is 4.79 Å². The van der Waals surface area contributed by atoms with E-state index in [0.717, 1.165) is 19.5 Å². The van der Waals surface area contributed by atoms with Crippen molar-refractivity contribution in [1.82, 2.24) is 4.90 Å². The summed E-state index contributed by atoms with van der Waals surface area (Å²) in [5.74, 6) is -0.166. The van der Waals surface area contributed by atoms with Gasteiger partial charge in [-0.05, 0) is 13.5 Å². The Morgan fingerprint density at radius 2 is 2.40 bits per heavy atom. The summed E-state index contributed by atoms with van der Waals surface area (Å²) in [7, 11) is 2.03. The van der Waals surface area contributed by atoms with Crippen LogP contribution in [0.1, 0.15) is 13.3 Å². The Morgan fingerprint density at radius 3 is 2.80 bits per heavy atom. The van der Waals surface area contributed by atoms with E-state index in [4.69, 9.17) is 4.74 Å². The molecule has 10 heavy (non-hydrogen) atoms. The molecule has 0 aromatic heterocycles. The number of carbonyl (C=O) groups excluding carboxylic acids is 1. The molecule has 0 aromatic carbocycles. The highest BCUT2D eigenvalue weighted by atomic mass is 16.5. The summed E-state index contributed by atoms with van der Waals surface area (Å²) in [6.07, 6.45) is 1.12. The standard InChI is InChI=1S/C7H13NO2/c1-6(9)10-7-3-4-8(2)5-7/h7H,3-5H2,1-2H3/t7-/m0/s1. The molecule has 0 saturated carbocycles. The lowest BCUT2D eigenvalue weighted by atomic mass is 10.3. The molecule has 0 spiro atoms. The molecule has 0 bridgehead atoms. The lowest BCUT2D eigenvalue weighted by Crippen LogP contribution is -2.20. The van der Waals surface area contributed by atoms with Gasteiger partial charge in [-0.1, -0.05) is 0 Å². The van der Waals surface area contributed by atoms with Crippen LogP contribution in [-0.4, -0.2) is 37.1 Å². The molecule has 1 fully saturated rings. The Hall–Kier alpha value is -0.570. The maximum absolute atomic E-state index is 10.5. The van der Waals surface area contributed by atoms with E-state index in [0.29, 0.717) is 0 Å². The molecule has 1 atom stereocenters. The van der Waals surface area contributed by atoms with Crippen molar-refractivity contribution in [2.24, 2.45) is 0 Å². The molecule has 0 aliphatic carbocycles. The fraction of sp³-hybridized carbons (Fsp3) is 0.857. The van der Waals surface area contributed by atoms with Gasteiger partial charge in [-0.15, -0.1) is 0 Å². The fourth-order valence-electron chi connectivity index (χ4n) is 1.23. The minimum absolute atomic E-state index is 0.141. The van der Waals surface area contributed by atoms with Crippen molar-refractivity contribution in [1.29, 1.82) is 0 Å². The van der Waals surface area contributed by atoms with Crippen molar-refractivity contribution in [3.8, 4) is 0 Å². The highest BCUT2D eigenvalue weighted by molar-refractivity contribution is 5.66. The second-order valence-corrected chi connectivity index (χ2v) is 2.78. The van der Waals surface area contributed by atoms with Crippen LogP contribution >= 0.6 is 0 Å². The number of ether oxygens (including phenoxy) is 1. The Kier molecular flexibility index (Phi) is 2.27. The van der Waals surface area contributed by atoms with Crippen molar-refractivity contribution in [3.05, 3.63) is 0 Å². The van der Waals surface area contributed by atoms with Crippen molar-refractivity contribution in [3.63, 3.8) is 0 Å². The van der Waals surface area contributed by atoms with Crippen LogP contribution in [0.3, 0.4) is 0 Å². The topological polar surface area (TPSA) is 29.5 Å². The summed E-state index contributed by atoms with van der Waals surface area (Å²) in [6, 6.07) is 0. The second-order valence-electron chi connectivity index (χ2n) is 2.78. The summed E-state index contributed by atoms with van der Waals surface area (Å²) in [5.41, 5.74) is 0. The number of likely N-dealkylation sites (N-methyl/N-ethyl adjacent to an activating group) is 1. The number of esters is 1. The lowest BCUT2D eigenvalue weighted by molar-refractivity contribution is -0.145. The monoisotopic (exact) mass is 143 g/mol. The van der Waals surface area contributed by atoms with Crippen LogP contribution in [0.25, 0.3) is 0 Å². The minimum Gasteiger partial charge on any atom is -0.461 e. The van der Waals surface area contributed by atoms with Gasteiger partial charge in [0.1, 0.15) is 6.10 Å². The van der Waals surface area contributed by atoms with Crippen molar-refractivity contribution in [2.75, 3.05) is 20.1 Å². The van der Waals surface area contributed by atoms with Crippen LogP contribution in [0, 0.1) is 0 Å². The zero-order valence-electron chi connectivity index (χ0n) is 6.46. The molecule has 1 heterocycles. The summed E-state index contributed by atoms with van der Waals surface area (Å²) >= 11 is 0. The van der Waals surface area contributed by atoms with Crippen LogP contribution < -0.4 is 0 Å². The average molecular weight is 143 g/mol. The molecular weight excluding hydrogens is 130 g/mol. The maximum atomic E-state index is 10.5. The van der Waals surface area contributed by atoms with Crippen molar-refractivity contribution >= 4 is 5.97 Å². The zero-order chi connectivity index (χ0) is 7.56. The molecule has 1 aliphatic rings. The third-order valence-electron chi connectivity index (χ3n) is 1.68. The number of hydrogen-bond donors (Lipinski definition) is 0. The molecular formula is C7H13NO2. The third kappa shape index (κ3) is 1.99. The van der Waals surface area contributed by atoms with Crippen molar-refractivity contribution < 1.29 is 9.53 Å². The molecule has 0 unspecified atom stereocenters. The van der Waals surface area contributed by atoms with E-state index < -0.39 is 0 Å². The predicted molar refractivity (Wildman–Crippen MR) is 37.7 cm³/mol. The molecule has 0 N–H and O–H groups in total. The number of likely N-dealkylation sites (tertiary alicyclic amines) is 1. The number of hydrogen-bond acceptors (Lipinski definition) is 3. The van der Waals surface area contributed by atoms with Gasteiger partial charge in [0.2, 0.25) is 0 Å². The maximum Gasteiger partial charge on any atom is 0.302 e. The third-order valence-corrected chi connectivity index (χ3v) is 1.68. The minimum atomic E-state index is -0.166. The van der Waals surface area contributed by atoms with E-state index in [1.807, 2.05) is 7.05 Å². The van der Waals surface area contributed by atoms with Gasteiger partial charge in [0.05, 0.1) is 0 Å². The SMILES string of the molecule is CC(=O)O[C@H]1CCN(C)C1. The molecule has 0 radical (unpaired) electrons. The van der Waals surface area contributed by atoms with E-state index in [2.05, 4.69) is 4.90 Å². The Bertz CT molecular complexity index is 136. The normalized spacial score (nSPS) is 26.8. The highest BCUT2D eigenvalue weighted by Crippen LogP contribution is 2.09. The summed E-state index contributed by atoms with van der Waals surface area (Å²) in [5, 5.41) is 0. The van der Waals surface area contributed by atoms with Gasteiger partial charge in [-0.2, -0.15) is 0 Å². The smallest absolute Gasteiger partial charge is 0.302 e. The summed E-state index contributed by atoms with van der Waals surface area (Å²) in [6.45, 7) is 3.38. The molecule has 58 valence electrons. The summed E-state index contributed by atoms with van der Waals surface area (Å²) in [4.78, 5) is 12.6. The van der Waals surface area contributed by atoms with E-state index >= 15 is 0 Å². The van der Waals surface area contributed by atoms with Crippen LogP contribution in [0.5, 0.6) is 0 Å². The Labute approximate surface area is 61.0 Å². The number of rotatable bonds is 1. The van der Waals surface area contributed by atoms with E-state index in [9.17, 15) is 4.79 Å². The Morgan fingerprint density at radius 1 is 1.70 bits per heavy atom. The van der Waals surface area contributed by atoms with E-state index in [1.165, 1.54) is 6.92 Å². The predicted octanol–water partition coefficient (Wildman–Crippen LogP) is 0.254. The molecule has 1 aliphatic heterocycles. The van der Waals surface area contributed by atoms with E-state index in [1.54, 1.807) is 0 Å². The first-order chi connectivity index (χ1) is 4.68. The highest BCUT2D eigenvalue weighted by Gasteiger charge is 2.21. The van der Waals surface area contributed by atoms with Gasteiger partial charge in [0.15, 0.2) is 0 Å².